The van der Waals surface area contributed by atoms with Crippen molar-refractivity contribution < 1.29 is 9.47 Å². The van der Waals surface area contributed by atoms with Gasteiger partial charge in [0.05, 0.1) is 19.8 Å². The van der Waals surface area contributed by atoms with Crippen molar-refractivity contribution in [1.82, 2.24) is 4.98 Å². The zero-order valence-corrected chi connectivity index (χ0v) is 8.98. The molecule has 0 atom stereocenters. The Balaban J connectivity index is 2.02. The Hall–Kier alpha value is -1.13. The van der Waals surface area contributed by atoms with E-state index in [9.17, 15) is 0 Å². The van der Waals surface area contributed by atoms with Gasteiger partial charge in [0.25, 0.3) is 0 Å². The number of hydrogen-bond donors (Lipinski definition) is 0. The van der Waals surface area contributed by atoms with E-state index in [1.807, 2.05) is 12.3 Å². The average Bonchev–Trinajstić information content (AvgIpc) is 2.32. The molecule has 0 unspecified atom stereocenters. The van der Waals surface area contributed by atoms with Crippen molar-refractivity contribution in [1.29, 1.82) is 0 Å². The zero-order valence-electron chi connectivity index (χ0n) is 8.98. The average molecular weight is 208 g/mol. The molecule has 0 aromatic carbocycles. The summed E-state index contributed by atoms with van der Waals surface area (Å²) in [6.07, 6.45) is 1.87. The van der Waals surface area contributed by atoms with Crippen molar-refractivity contribution >= 4 is 5.82 Å². The standard InChI is InChI=1S/C11H16N2O2/c1-14-9-10-2-3-11(12-8-10)13-4-6-15-7-5-13/h2-3,8H,4-7,9H2,1H3. The summed E-state index contributed by atoms with van der Waals surface area (Å²) in [5.74, 6) is 1.03. The normalized spacial score (nSPS) is 16.7. The van der Waals surface area contributed by atoms with Gasteiger partial charge in [-0.3, -0.25) is 0 Å². The van der Waals surface area contributed by atoms with Crippen molar-refractivity contribution in [2.45, 2.75) is 6.61 Å². The summed E-state index contributed by atoms with van der Waals surface area (Å²) in [6.45, 7) is 4.06. The van der Waals surface area contributed by atoms with Crippen LogP contribution in [0.25, 0.3) is 0 Å². The molecule has 1 fully saturated rings. The van der Waals surface area contributed by atoms with Crippen LogP contribution in [0, 0.1) is 0 Å². The number of methoxy groups -OCH3 is 1. The minimum absolute atomic E-state index is 0.621. The second-order valence-corrected chi connectivity index (χ2v) is 3.56. The number of hydrogen-bond acceptors (Lipinski definition) is 4. The lowest BCUT2D eigenvalue weighted by atomic mass is 10.3. The molecule has 0 amide bonds. The van der Waals surface area contributed by atoms with Crippen molar-refractivity contribution in [2.24, 2.45) is 0 Å². The first kappa shape index (κ1) is 10.4. The van der Waals surface area contributed by atoms with Gasteiger partial charge in [-0.1, -0.05) is 6.07 Å². The molecule has 0 aliphatic carbocycles. The second-order valence-electron chi connectivity index (χ2n) is 3.56. The van der Waals surface area contributed by atoms with Gasteiger partial charge in [0.1, 0.15) is 5.82 Å². The molecule has 0 saturated carbocycles. The van der Waals surface area contributed by atoms with Gasteiger partial charge in [0, 0.05) is 26.4 Å². The molecule has 0 spiro atoms. The number of aromatic nitrogens is 1. The van der Waals surface area contributed by atoms with E-state index in [1.54, 1.807) is 7.11 Å². The Kier molecular flexibility index (Phi) is 3.53. The molecular weight excluding hydrogens is 192 g/mol. The van der Waals surface area contributed by atoms with E-state index in [0.717, 1.165) is 37.7 Å². The Labute approximate surface area is 89.8 Å². The number of nitrogens with zero attached hydrogens (tertiary/aromatic N) is 2. The molecule has 15 heavy (non-hydrogen) atoms. The number of pyridine rings is 1. The van der Waals surface area contributed by atoms with Crippen LogP contribution in [0.2, 0.25) is 0 Å². The summed E-state index contributed by atoms with van der Waals surface area (Å²) in [6, 6.07) is 4.10. The first-order valence-corrected chi connectivity index (χ1v) is 5.17. The smallest absolute Gasteiger partial charge is 0.128 e. The lowest BCUT2D eigenvalue weighted by Gasteiger charge is -2.27. The number of morpholine rings is 1. The SMILES string of the molecule is COCc1ccc(N2CCOCC2)nc1. The lowest BCUT2D eigenvalue weighted by Crippen LogP contribution is -2.36. The van der Waals surface area contributed by atoms with Gasteiger partial charge in [-0.15, -0.1) is 0 Å². The van der Waals surface area contributed by atoms with Gasteiger partial charge < -0.3 is 14.4 Å². The van der Waals surface area contributed by atoms with Crippen LogP contribution in [0.3, 0.4) is 0 Å². The van der Waals surface area contributed by atoms with E-state index < -0.39 is 0 Å². The maximum atomic E-state index is 5.29. The molecule has 4 heteroatoms. The summed E-state index contributed by atoms with van der Waals surface area (Å²) in [7, 11) is 1.69. The molecule has 0 N–H and O–H groups in total. The van der Waals surface area contributed by atoms with Gasteiger partial charge >= 0.3 is 0 Å². The van der Waals surface area contributed by atoms with Gasteiger partial charge in [0.2, 0.25) is 0 Å². The molecule has 2 heterocycles. The van der Waals surface area contributed by atoms with Crippen LogP contribution < -0.4 is 4.90 Å². The van der Waals surface area contributed by atoms with Crippen molar-refractivity contribution in [3.05, 3.63) is 23.9 Å². The number of anilines is 1. The zero-order chi connectivity index (χ0) is 10.5. The van der Waals surface area contributed by atoms with Gasteiger partial charge in [-0.25, -0.2) is 4.98 Å². The lowest BCUT2D eigenvalue weighted by molar-refractivity contribution is 0.122. The molecule has 1 aromatic rings. The Morgan fingerprint density at radius 1 is 1.40 bits per heavy atom. The molecule has 4 nitrogen and oxygen atoms in total. The fraction of sp³-hybridized carbons (Fsp3) is 0.545. The first-order valence-electron chi connectivity index (χ1n) is 5.17. The number of rotatable bonds is 3. The van der Waals surface area contributed by atoms with Crippen LogP contribution in [0.1, 0.15) is 5.56 Å². The van der Waals surface area contributed by atoms with Gasteiger partial charge in [-0.05, 0) is 11.6 Å². The molecule has 2 rings (SSSR count). The van der Waals surface area contributed by atoms with Gasteiger partial charge in [0.15, 0.2) is 0 Å². The topological polar surface area (TPSA) is 34.6 Å². The van der Waals surface area contributed by atoms with E-state index in [2.05, 4.69) is 16.0 Å². The summed E-state index contributed by atoms with van der Waals surface area (Å²) >= 11 is 0. The van der Waals surface area contributed by atoms with E-state index in [4.69, 9.17) is 9.47 Å². The summed E-state index contributed by atoms with van der Waals surface area (Å²) < 4.78 is 10.3. The molecule has 0 bridgehead atoms. The van der Waals surface area contributed by atoms with Crippen LogP contribution in [0.4, 0.5) is 5.82 Å². The van der Waals surface area contributed by atoms with E-state index >= 15 is 0 Å². The Morgan fingerprint density at radius 2 is 2.20 bits per heavy atom. The molecule has 0 radical (unpaired) electrons. The highest BCUT2D eigenvalue weighted by Crippen LogP contribution is 2.13. The summed E-state index contributed by atoms with van der Waals surface area (Å²) in [5, 5.41) is 0. The Morgan fingerprint density at radius 3 is 2.80 bits per heavy atom. The fourth-order valence-corrected chi connectivity index (χ4v) is 1.65. The van der Waals surface area contributed by atoms with Crippen molar-refractivity contribution in [3.8, 4) is 0 Å². The van der Waals surface area contributed by atoms with Crippen LogP contribution in [-0.4, -0.2) is 38.4 Å². The van der Waals surface area contributed by atoms with Crippen LogP contribution >= 0.6 is 0 Å². The third kappa shape index (κ3) is 2.67. The molecule has 1 aromatic heterocycles. The van der Waals surface area contributed by atoms with Gasteiger partial charge in [-0.2, -0.15) is 0 Å². The number of ether oxygens (including phenoxy) is 2. The minimum atomic E-state index is 0.621. The van der Waals surface area contributed by atoms with Crippen LogP contribution in [-0.2, 0) is 16.1 Å². The third-order valence-corrected chi connectivity index (χ3v) is 2.46. The van der Waals surface area contributed by atoms with Crippen molar-refractivity contribution in [2.75, 3.05) is 38.3 Å². The molecular formula is C11H16N2O2. The van der Waals surface area contributed by atoms with Crippen molar-refractivity contribution in [3.63, 3.8) is 0 Å². The van der Waals surface area contributed by atoms with E-state index in [-0.39, 0.29) is 0 Å². The van der Waals surface area contributed by atoms with Crippen LogP contribution in [0.15, 0.2) is 18.3 Å². The second kappa shape index (κ2) is 5.09. The minimum Gasteiger partial charge on any atom is -0.380 e. The fourth-order valence-electron chi connectivity index (χ4n) is 1.65. The highest BCUT2D eigenvalue weighted by atomic mass is 16.5. The van der Waals surface area contributed by atoms with E-state index in [0.29, 0.717) is 6.61 Å². The third-order valence-electron chi connectivity index (χ3n) is 2.46. The predicted octanol–water partition coefficient (Wildman–Crippen LogP) is 1.06. The maximum absolute atomic E-state index is 5.29. The van der Waals surface area contributed by atoms with Crippen LogP contribution in [0.5, 0.6) is 0 Å². The van der Waals surface area contributed by atoms with E-state index in [1.165, 1.54) is 0 Å². The molecule has 1 aliphatic heterocycles. The predicted molar refractivity (Wildman–Crippen MR) is 58.0 cm³/mol. The first-order chi connectivity index (χ1) is 7.40. The summed E-state index contributed by atoms with van der Waals surface area (Å²) in [5.41, 5.74) is 1.11. The maximum Gasteiger partial charge on any atom is 0.128 e. The molecule has 1 aliphatic rings. The summed E-state index contributed by atoms with van der Waals surface area (Å²) in [4.78, 5) is 6.65. The quantitative estimate of drug-likeness (QED) is 0.744. The highest BCUT2D eigenvalue weighted by Gasteiger charge is 2.11. The largest absolute Gasteiger partial charge is 0.380 e. The molecule has 1 saturated heterocycles. The monoisotopic (exact) mass is 208 g/mol. The highest BCUT2D eigenvalue weighted by molar-refractivity contribution is 5.39. The molecule has 82 valence electrons. The Bertz CT molecular complexity index is 294.